The molecule has 21 heavy (non-hydrogen) atoms. The van der Waals surface area contributed by atoms with Crippen LogP contribution in [0.1, 0.15) is 18.9 Å². The maximum atomic E-state index is 10.7. The molecule has 110 valence electrons. The van der Waals surface area contributed by atoms with Crippen molar-refractivity contribution < 1.29 is 9.66 Å². The van der Waals surface area contributed by atoms with E-state index in [0.29, 0.717) is 24.8 Å². The fourth-order valence-electron chi connectivity index (χ4n) is 1.69. The van der Waals surface area contributed by atoms with E-state index in [1.165, 1.54) is 18.5 Å². The quantitative estimate of drug-likeness (QED) is 0.622. The minimum absolute atomic E-state index is 0.0731. The normalized spacial score (nSPS) is 10.1. The van der Waals surface area contributed by atoms with Gasteiger partial charge in [-0.25, -0.2) is 9.97 Å². The van der Waals surface area contributed by atoms with Crippen molar-refractivity contribution in [3.05, 3.63) is 52.3 Å². The molecule has 0 aliphatic rings. The van der Waals surface area contributed by atoms with E-state index in [4.69, 9.17) is 4.74 Å². The monoisotopic (exact) mass is 288 g/mol. The lowest BCUT2D eigenvalue weighted by molar-refractivity contribution is -0.384. The Labute approximate surface area is 122 Å². The molecule has 0 bridgehead atoms. The number of benzene rings is 1. The summed E-state index contributed by atoms with van der Waals surface area (Å²) in [5.41, 5.74) is 0.878. The van der Waals surface area contributed by atoms with Crippen molar-refractivity contribution in [1.29, 1.82) is 0 Å². The van der Waals surface area contributed by atoms with Gasteiger partial charge in [0.25, 0.3) is 5.69 Å². The standard InChI is InChI=1S/C14H16N4O3/c1-2-6-21-14-8-13(16-10-17-14)15-9-11-4-3-5-12(7-11)18(19)20/h3-5,7-8,10H,2,6,9H2,1H3,(H,15,16,17). The molecule has 1 aromatic carbocycles. The van der Waals surface area contributed by atoms with Crippen LogP contribution in [0.4, 0.5) is 11.5 Å². The van der Waals surface area contributed by atoms with E-state index in [0.717, 1.165) is 12.0 Å². The molecule has 0 aliphatic carbocycles. The predicted octanol–water partition coefficient (Wildman–Crippen LogP) is 2.79. The molecule has 0 radical (unpaired) electrons. The molecular formula is C14H16N4O3. The van der Waals surface area contributed by atoms with Crippen LogP contribution in [0.25, 0.3) is 0 Å². The first-order valence-electron chi connectivity index (χ1n) is 6.61. The van der Waals surface area contributed by atoms with Gasteiger partial charge in [-0.3, -0.25) is 10.1 Å². The molecule has 0 fully saturated rings. The van der Waals surface area contributed by atoms with Crippen LogP contribution in [0, 0.1) is 10.1 Å². The third kappa shape index (κ3) is 4.41. The van der Waals surface area contributed by atoms with Crippen molar-refractivity contribution in [2.45, 2.75) is 19.9 Å². The van der Waals surface area contributed by atoms with Crippen molar-refractivity contribution in [1.82, 2.24) is 9.97 Å². The molecular weight excluding hydrogens is 272 g/mol. The van der Waals surface area contributed by atoms with Gasteiger partial charge >= 0.3 is 0 Å². The number of ether oxygens (including phenoxy) is 1. The van der Waals surface area contributed by atoms with E-state index < -0.39 is 4.92 Å². The highest BCUT2D eigenvalue weighted by atomic mass is 16.6. The highest BCUT2D eigenvalue weighted by molar-refractivity contribution is 5.40. The number of nitrogens with zero attached hydrogens (tertiary/aromatic N) is 3. The summed E-state index contributed by atoms with van der Waals surface area (Å²) in [6, 6.07) is 8.17. The Balaban J connectivity index is 1.99. The fraction of sp³-hybridized carbons (Fsp3) is 0.286. The van der Waals surface area contributed by atoms with Crippen LogP contribution >= 0.6 is 0 Å². The predicted molar refractivity (Wildman–Crippen MR) is 78.2 cm³/mol. The average Bonchev–Trinajstić information content (AvgIpc) is 2.51. The number of hydrogen-bond donors (Lipinski definition) is 1. The first-order valence-corrected chi connectivity index (χ1v) is 6.61. The zero-order chi connectivity index (χ0) is 15.1. The SMILES string of the molecule is CCCOc1cc(NCc2cccc([N+](=O)[O-])c2)ncn1. The van der Waals surface area contributed by atoms with E-state index in [2.05, 4.69) is 15.3 Å². The fourth-order valence-corrected chi connectivity index (χ4v) is 1.69. The van der Waals surface area contributed by atoms with Crippen LogP contribution in [0.3, 0.4) is 0 Å². The van der Waals surface area contributed by atoms with E-state index in [1.807, 2.05) is 13.0 Å². The summed E-state index contributed by atoms with van der Waals surface area (Å²) in [4.78, 5) is 18.4. The van der Waals surface area contributed by atoms with Crippen LogP contribution < -0.4 is 10.1 Å². The molecule has 2 rings (SSSR count). The summed E-state index contributed by atoms with van der Waals surface area (Å²) in [5, 5.41) is 13.8. The molecule has 0 spiro atoms. The second-order valence-electron chi connectivity index (χ2n) is 4.37. The van der Waals surface area contributed by atoms with Gasteiger partial charge in [0.2, 0.25) is 5.88 Å². The lowest BCUT2D eigenvalue weighted by atomic mass is 10.2. The summed E-state index contributed by atoms with van der Waals surface area (Å²) in [6.07, 6.45) is 2.32. The molecule has 0 saturated carbocycles. The van der Waals surface area contributed by atoms with Crippen LogP contribution in [0.2, 0.25) is 0 Å². The Kier molecular flexibility index (Phi) is 5.03. The first-order chi connectivity index (χ1) is 10.2. The lowest BCUT2D eigenvalue weighted by Crippen LogP contribution is -2.04. The van der Waals surface area contributed by atoms with Crippen LogP contribution in [-0.2, 0) is 6.54 Å². The van der Waals surface area contributed by atoms with Crippen molar-refractivity contribution in [3.63, 3.8) is 0 Å². The Hall–Kier alpha value is -2.70. The minimum atomic E-state index is -0.412. The van der Waals surface area contributed by atoms with Gasteiger partial charge in [-0.15, -0.1) is 0 Å². The van der Waals surface area contributed by atoms with Gasteiger partial charge in [0, 0.05) is 24.7 Å². The van der Waals surface area contributed by atoms with Gasteiger partial charge in [0.15, 0.2) is 0 Å². The van der Waals surface area contributed by atoms with E-state index in [9.17, 15) is 10.1 Å². The average molecular weight is 288 g/mol. The number of nitro groups is 1. The molecule has 0 unspecified atom stereocenters. The molecule has 1 N–H and O–H groups in total. The first kappa shape index (κ1) is 14.7. The number of hydrogen-bond acceptors (Lipinski definition) is 6. The van der Waals surface area contributed by atoms with E-state index >= 15 is 0 Å². The number of anilines is 1. The van der Waals surface area contributed by atoms with Crippen molar-refractivity contribution >= 4 is 11.5 Å². The lowest BCUT2D eigenvalue weighted by Gasteiger charge is -2.07. The highest BCUT2D eigenvalue weighted by Crippen LogP contribution is 2.15. The van der Waals surface area contributed by atoms with Crippen molar-refractivity contribution in [2.75, 3.05) is 11.9 Å². The second kappa shape index (κ2) is 7.18. The Morgan fingerprint density at radius 3 is 2.95 bits per heavy atom. The number of non-ortho nitro benzene ring substituents is 1. The number of rotatable bonds is 7. The topological polar surface area (TPSA) is 90.2 Å². The third-order valence-corrected chi connectivity index (χ3v) is 2.69. The van der Waals surface area contributed by atoms with Gasteiger partial charge < -0.3 is 10.1 Å². The number of nitro benzene ring substituents is 1. The molecule has 1 heterocycles. The summed E-state index contributed by atoms with van der Waals surface area (Å²) in [7, 11) is 0. The number of aromatic nitrogens is 2. The van der Waals surface area contributed by atoms with E-state index in [1.54, 1.807) is 12.1 Å². The molecule has 0 saturated heterocycles. The minimum Gasteiger partial charge on any atom is -0.478 e. The van der Waals surface area contributed by atoms with E-state index in [-0.39, 0.29) is 5.69 Å². The summed E-state index contributed by atoms with van der Waals surface area (Å²) < 4.78 is 5.42. The van der Waals surface area contributed by atoms with Gasteiger partial charge in [0.1, 0.15) is 12.1 Å². The molecule has 7 heteroatoms. The molecule has 1 aromatic heterocycles. The summed E-state index contributed by atoms with van der Waals surface area (Å²) in [5.74, 6) is 1.12. The summed E-state index contributed by atoms with van der Waals surface area (Å²) in [6.45, 7) is 3.05. The second-order valence-corrected chi connectivity index (χ2v) is 4.37. The van der Waals surface area contributed by atoms with Crippen LogP contribution in [0.15, 0.2) is 36.7 Å². The zero-order valence-electron chi connectivity index (χ0n) is 11.7. The highest BCUT2D eigenvalue weighted by Gasteiger charge is 2.06. The van der Waals surface area contributed by atoms with Gasteiger partial charge in [-0.05, 0) is 12.0 Å². The van der Waals surface area contributed by atoms with Gasteiger partial charge in [0.05, 0.1) is 11.5 Å². The zero-order valence-corrected chi connectivity index (χ0v) is 11.7. The molecule has 2 aromatic rings. The largest absolute Gasteiger partial charge is 0.478 e. The molecule has 0 aliphatic heterocycles. The van der Waals surface area contributed by atoms with Crippen molar-refractivity contribution in [2.24, 2.45) is 0 Å². The molecule has 0 atom stereocenters. The van der Waals surface area contributed by atoms with Crippen LogP contribution in [-0.4, -0.2) is 21.5 Å². The van der Waals surface area contributed by atoms with Gasteiger partial charge in [-0.2, -0.15) is 0 Å². The summed E-state index contributed by atoms with van der Waals surface area (Å²) >= 11 is 0. The Bertz CT molecular complexity index is 619. The Morgan fingerprint density at radius 2 is 2.19 bits per heavy atom. The Morgan fingerprint density at radius 1 is 1.33 bits per heavy atom. The molecule has 0 amide bonds. The molecule has 7 nitrogen and oxygen atoms in total. The third-order valence-electron chi connectivity index (χ3n) is 2.69. The number of nitrogens with one attached hydrogen (secondary N) is 1. The van der Waals surface area contributed by atoms with Crippen molar-refractivity contribution in [3.8, 4) is 5.88 Å². The smallest absolute Gasteiger partial charge is 0.269 e. The van der Waals surface area contributed by atoms with Crippen LogP contribution in [0.5, 0.6) is 5.88 Å². The maximum absolute atomic E-state index is 10.7. The maximum Gasteiger partial charge on any atom is 0.269 e. The van der Waals surface area contributed by atoms with Gasteiger partial charge in [-0.1, -0.05) is 19.1 Å².